The Bertz CT molecular complexity index is 133. The molecular formula is C3H10NO5P. The molecule has 0 fully saturated rings. The first-order valence-electron chi connectivity index (χ1n) is 2.52. The molecule has 0 aliphatic heterocycles. The van der Waals surface area contributed by atoms with Gasteiger partial charge in [0, 0.05) is 0 Å². The molecular weight excluding hydrogens is 161 g/mol. The minimum absolute atomic E-state index is 0.346. The molecule has 6 nitrogen and oxygen atoms in total. The van der Waals surface area contributed by atoms with Gasteiger partial charge in [0.2, 0.25) is 0 Å². The van der Waals surface area contributed by atoms with Gasteiger partial charge in [-0.2, -0.15) is 0 Å². The zero-order valence-electron chi connectivity index (χ0n) is 5.17. The number of hydrogen-bond acceptors (Lipinski definition) is 4. The maximum atomic E-state index is 9.99. The molecule has 0 rings (SSSR count). The normalized spacial score (nSPS) is 15.2. The lowest BCUT2D eigenvalue weighted by atomic mass is 10.4. The zero-order chi connectivity index (χ0) is 8.20. The van der Waals surface area contributed by atoms with Crippen molar-refractivity contribution in [3.8, 4) is 0 Å². The second-order valence-corrected chi connectivity index (χ2v) is 2.97. The summed E-state index contributed by atoms with van der Waals surface area (Å²) in [5.41, 5.74) is 5.06. The summed E-state index contributed by atoms with van der Waals surface area (Å²) < 4.78 is 14.0. The minimum atomic E-state index is -4.42. The maximum Gasteiger partial charge on any atom is 0.469 e. The predicted octanol–water partition coefficient (Wildman–Crippen LogP) is -1.58. The molecule has 0 spiro atoms. The highest BCUT2D eigenvalue weighted by atomic mass is 31.2. The first-order chi connectivity index (χ1) is 4.45. The molecule has 0 aliphatic carbocycles. The Labute approximate surface area is 57.9 Å². The van der Waals surface area contributed by atoms with Crippen molar-refractivity contribution in [1.82, 2.24) is 0 Å². The number of hydrogen-bond donors (Lipinski definition) is 4. The van der Waals surface area contributed by atoms with Crippen LogP contribution in [0.5, 0.6) is 0 Å². The highest BCUT2D eigenvalue weighted by molar-refractivity contribution is 7.46. The van der Waals surface area contributed by atoms with E-state index in [4.69, 9.17) is 20.6 Å². The number of phosphoric acid groups is 1. The van der Waals surface area contributed by atoms with E-state index in [2.05, 4.69) is 4.52 Å². The van der Waals surface area contributed by atoms with Gasteiger partial charge in [0.15, 0.2) is 0 Å². The van der Waals surface area contributed by atoms with Crippen LogP contribution in [0.4, 0.5) is 0 Å². The molecule has 0 aliphatic rings. The Morgan fingerprint density at radius 3 is 2.40 bits per heavy atom. The van der Waals surface area contributed by atoms with Crippen LogP contribution in [0.15, 0.2) is 0 Å². The van der Waals surface area contributed by atoms with Crippen LogP contribution < -0.4 is 5.73 Å². The summed E-state index contributed by atoms with van der Waals surface area (Å²) in [6, 6.07) is -0.743. The fourth-order valence-corrected chi connectivity index (χ4v) is 0.631. The van der Waals surface area contributed by atoms with Crippen molar-refractivity contribution in [2.75, 3.05) is 13.2 Å². The van der Waals surface area contributed by atoms with Crippen LogP contribution in [-0.4, -0.2) is 34.1 Å². The van der Waals surface area contributed by atoms with Crippen molar-refractivity contribution in [2.45, 2.75) is 6.04 Å². The largest absolute Gasteiger partial charge is 0.469 e. The third-order valence-electron chi connectivity index (χ3n) is 0.691. The molecule has 10 heavy (non-hydrogen) atoms. The van der Waals surface area contributed by atoms with Gasteiger partial charge in [-0.1, -0.05) is 0 Å². The summed E-state index contributed by atoms with van der Waals surface area (Å²) in [5, 5.41) is 8.27. The average molecular weight is 171 g/mol. The molecule has 0 bridgehead atoms. The van der Waals surface area contributed by atoms with Crippen molar-refractivity contribution in [3.63, 3.8) is 0 Å². The molecule has 1 atom stereocenters. The second-order valence-electron chi connectivity index (χ2n) is 1.73. The summed E-state index contributed by atoms with van der Waals surface area (Å²) >= 11 is 0. The molecule has 1 unspecified atom stereocenters. The lowest BCUT2D eigenvalue weighted by molar-refractivity contribution is 0.160. The highest BCUT2D eigenvalue weighted by Crippen LogP contribution is 2.35. The van der Waals surface area contributed by atoms with Crippen molar-refractivity contribution in [2.24, 2.45) is 5.73 Å². The van der Waals surface area contributed by atoms with Crippen molar-refractivity contribution in [3.05, 3.63) is 0 Å². The maximum absolute atomic E-state index is 9.99. The topological polar surface area (TPSA) is 113 Å². The van der Waals surface area contributed by atoms with E-state index in [1.807, 2.05) is 0 Å². The summed E-state index contributed by atoms with van der Waals surface area (Å²) in [4.78, 5) is 16.2. The summed E-state index contributed by atoms with van der Waals surface area (Å²) in [6.45, 7) is -0.708. The van der Waals surface area contributed by atoms with Gasteiger partial charge in [0.1, 0.15) is 0 Å². The predicted molar refractivity (Wildman–Crippen MR) is 33.1 cm³/mol. The highest BCUT2D eigenvalue weighted by Gasteiger charge is 2.15. The standard InChI is InChI=1S/C3H10NO5P/c4-3(1-5)2-9-10(6,7)8/h3,5H,1-2,4H2,(H2,6,7,8). The van der Waals surface area contributed by atoms with Gasteiger partial charge in [-0.15, -0.1) is 0 Å². The Morgan fingerprint density at radius 1 is 1.60 bits per heavy atom. The molecule has 62 valence electrons. The van der Waals surface area contributed by atoms with Gasteiger partial charge < -0.3 is 20.6 Å². The SMILES string of the molecule is NC(CO)COP(=O)(O)O. The van der Waals surface area contributed by atoms with E-state index < -0.39 is 13.9 Å². The van der Waals surface area contributed by atoms with Gasteiger partial charge in [0.25, 0.3) is 0 Å². The van der Waals surface area contributed by atoms with E-state index in [9.17, 15) is 4.57 Å². The molecule has 0 radical (unpaired) electrons. The van der Waals surface area contributed by atoms with Gasteiger partial charge in [-0.25, -0.2) is 4.57 Å². The molecule has 0 aromatic rings. The minimum Gasteiger partial charge on any atom is -0.395 e. The first kappa shape index (κ1) is 10.0. The fraction of sp³-hybridized carbons (Fsp3) is 1.00. The van der Waals surface area contributed by atoms with Crippen molar-refractivity contribution < 1.29 is 24.0 Å². The fourth-order valence-electron chi connectivity index (χ4n) is 0.246. The molecule has 0 aromatic carbocycles. The average Bonchev–Trinajstić information content (AvgIpc) is 1.81. The Morgan fingerprint density at radius 2 is 2.10 bits per heavy atom. The van der Waals surface area contributed by atoms with Crippen LogP contribution in [0, 0.1) is 0 Å². The number of aliphatic hydroxyl groups excluding tert-OH is 1. The number of aliphatic hydroxyl groups is 1. The summed E-state index contributed by atoms with van der Waals surface area (Å²) in [6.07, 6.45) is 0. The van der Waals surface area contributed by atoms with Crippen LogP contribution >= 0.6 is 7.82 Å². The molecule has 5 N–H and O–H groups in total. The van der Waals surface area contributed by atoms with Crippen molar-refractivity contribution in [1.29, 1.82) is 0 Å². The van der Waals surface area contributed by atoms with Crippen LogP contribution in [0.2, 0.25) is 0 Å². The summed E-state index contributed by atoms with van der Waals surface area (Å²) in [5.74, 6) is 0. The molecule has 0 saturated carbocycles. The van der Waals surface area contributed by atoms with Crippen LogP contribution in [0.1, 0.15) is 0 Å². The Hall–Kier alpha value is 0.0300. The van der Waals surface area contributed by atoms with Crippen LogP contribution in [-0.2, 0) is 9.09 Å². The lowest BCUT2D eigenvalue weighted by Gasteiger charge is -2.08. The Balaban J connectivity index is 3.46. The van der Waals surface area contributed by atoms with Gasteiger partial charge >= 0.3 is 7.82 Å². The van der Waals surface area contributed by atoms with E-state index in [1.165, 1.54) is 0 Å². The van der Waals surface area contributed by atoms with Crippen LogP contribution in [0.25, 0.3) is 0 Å². The third kappa shape index (κ3) is 6.15. The van der Waals surface area contributed by atoms with E-state index in [0.29, 0.717) is 0 Å². The van der Waals surface area contributed by atoms with E-state index in [-0.39, 0.29) is 13.2 Å². The van der Waals surface area contributed by atoms with E-state index in [1.54, 1.807) is 0 Å². The molecule has 0 aromatic heterocycles. The van der Waals surface area contributed by atoms with Gasteiger partial charge in [-0.05, 0) is 0 Å². The quantitative estimate of drug-likeness (QED) is 0.379. The number of phosphoric ester groups is 1. The molecule has 7 heteroatoms. The van der Waals surface area contributed by atoms with Gasteiger partial charge in [-0.3, -0.25) is 4.52 Å². The second kappa shape index (κ2) is 4.02. The van der Waals surface area contributed by atoms with Gasteiger partial charge in [0.05, 0.1) is 19.3 Å². The smallest absolute Gasteiger partial charge is 0.395 e. The zero-order valence-corrected chi connectivity index (χ0v) is 6.07. The molecule has 0 heterocycles. The van der Waals surface area contributed by atoms with E-state index >= 15 is 0 Å². The number of rotatable bonds is 4. The van der Waals surface area contributed by atoms with E-state index in [0.717, 1.165) is 0 Å². The Kier molecular flexibility index (Phi) is 4.04. The number of nitrogens with two attached hydrogens (primary N) is 1. The monoisotopic (exact) mass is 171 g/mol. The lowest BCUT2D eigenvalue weighted by Crippen LogP contribution is -2.29. The summed E-state index contributed by atoms with van der Waals surface area (Å²) in [7, 11) is -4.42. The molecule has 0 amide bonds. The van der Waals surface area contributed by atoms with Crippen LogP contribution in [0.3, 0.4) is 0 Å². The molecule has 0 saturated heterocycles. The third-order valence-corrected chi connectivity index (χ3v) is 1.18. The first-order valence-corrected chi connectivity index (χ1v) is 4.05. The van der Waals surface area contributed by atoms with Crippen molar-refractivity contribution >= 4 is 7.82 Å².